The molecule has 2 heteroatoms. The van der Waals surface area contributed by atoms with Crippen LogP contribution in [0.3, 0.4) is 0 Å². The van der Waals surface area contributed by atoms with Crippen molar-refractivity contribution in [2.45, 2.75) is 88.6 Å². The molecule has 0 heterocycles. The van der Waals surface area contributed by atoms with Crippen LogP contribution in [0.1, 0.15) is 77.0 Å². The quantitative estimate of drug-likeness (QED) is 0.829. The molecule has 0 unspecified atom stereocenters. The van der Waals surface area contributed by atoms with E-state index in [1.807, 2.05) is 0 Å². The molecule has 0 aromatic carbocycles. The normalized spacial score (nSPS) is 26.1. The van der Waals surface area contributed by atoms with Crippen molar-refractivity contribution in [2.75, 3.05) is 20.6 Å². The Hall–Kier alpha value is -0.0800. The van der Waals surface area contributed by atoms with Crippen molar-refractivity contribution in [3.05, 3.63) is 0 Å². The molecule has 2 rings (SSSR count). The smallest absolute Gasteiger partial charge is 0.0327 e. The second-order valence-electron chi connectivity index (χ2n) is 7.10. The predicted octanol–water partition coefficient (Wildman–Crippen LogP) is 3.95. The zero-order valence-electron chi connectivity index (χ0n) is 13.2. The molecule has 0 saturated heterocycles. The Labute approximate surface area is 120 Å². The fourth-order valence-corrected chi connectivity index (χ4v) is 3.99. The Kier molecular flexibility index (Phi) is 6.15. The molecule has 2 saturated carbocycles. The van der Waals surface area contributed by atoms with Crippen LogP contribution in [0.25, 0.3) is 0 Å². The van der Waals surface area contributed by atoms with Crippen LogP contribution in [0.15, 0.2) is 0 Å². The number of nitrogens with zero attached hydrogens (tertiary/aromatic N) is 1. The Morgan fingerprint density at radius 1 is 0.842 bits per heavy atom. The van der Waals surface area contributed by atoms with Gasteiger partial charge in [-0.1, -0.05) is 51.4 Å². The van der Waals surface area contributed by atoms with Crippen LogP contribution >= 0.6 is 0 Å². The number of rotatable bonds is 4. The lowest BCUT2D eigenvalue weighted by Crippen LogP contribution is -2.54. The summed E-state index contributed by atoms with van der Waals surface area (Å²) in [7, 11) is 4.57. The van der Waals surface area contributed by atoms with Crippen molar-refractivity contribution >= 4 is 0 Å². The topological polar surface area (TPSA) is 15.3 Å². The summed E-state index contributed by atoms with van der Waals surface area (Å²) in [6.45, 7) is 1.21. The Morgan fingerprint density at radius 2 is 1.37 bits per heavy atom. The van der Waals surface area contributed by atoms with Crippen molar-refractivity contribution in [3.63, 3.8) is 0 Å². The highest BCUT2D eigenvalue weighted by molar-refractivity contribution is 4.93. The molecular weight excluding hydrogens is 232 g/mol. The van der Waals surface area contributed by atoms with Gasteiger partial charge in [-0.3, -0.25) is 0 Å². The molecule has 0 amide bonds. The minimum absolute atomic E-state index is 0.445. The maximum absolute atomic E-state index is 3.94. The number of nitrogens with one attached hydrogen (secondary N) is 1. The average molecular weight is 266 g/mol. The van der Waals surface area contributed by atoms with Gasteiger partial charge in [0.25, 0.3) is 0 Å². The van der Waals surface area contributed by atoms with E-state index >= 15 is 0 Å². The van der Waals surface area contributed by atoms with E-state index in [1.54, 1.807) is 0 Å². The molecule has 0 aliphatic heterocycles. The Bertz CT molecular complexity index is 236. The summed E-state index contributed by atoms with van der Waals surface area (Å²) in [5.41, 5.74) is 0.445. The van der Waals surface area contributed by atoms with Crippen LogP contribution in [0.4, 0.5) is 0 Å². The highest BCUT2D eigenvalue weighted by Gasteiger charge is 2.34. The zero-order valence-corrected chi connectivity index (χ0v) is 13.2. The van der Waals surface area contributed by atoms with Crippen LogP contribution in [0.5, 0.6) is 0 Å². The van der Waals surface area contributed by atoms with E-state index in [-0.39, 0.29) is 0 Å². The third kappa shape index (κ3) is 4.46. The highest BCUT2D eigenvalue weighted by atomic mass is 15.2. The summed E-state index contributed by atoms with van der Waals surface area (Å²) in [5, 5.41) is 3.94. The van der Waals surface area contributed by atoms with Gasteiger partial charge in [0.2, 0.25) is 0 Å². The summed E-state index contributed by atoms with van der Waals surface area (Å²) in [6.07, 6.45) is 17.1. The van der Waals surface area contributed by atoms with E-state index in [0.29, 0.717) is 5.54 Å². The monoisotopic (exact) mass is 266 g/mol. The first kappa shape index (κ1) is 15.3. The summed E-state index contributed by atoms with van der Waals surface area (Å²) >= 11 is 0. The molecule has 0 aromatic rings. The molecule has 112 valence electrons. The molecule has 0 aromatic heterocycles. The molecule has 0 bridgehead atoms. The number of hydrogen-bond acceptors (Lipinski definition) is 2. The predicted molar refractivity (Wildman–Crippen MR) is 83.6 cm³/mol. The van der Waals surface area contributed by atoms with Crippen molar-refractivity contribution in [1.82, 2.24) is 10.2 Å². The zero-order chi connectivity index (χ0) is 13.6. The Morgan fingerprint density at radius 3 is 1.95 bits per heavy atom. The summed E-state index contributed by atoms with van der Waals surface area (Å²) in [4.78, 5) is 2.50. The first-order chi connectivity index (χ1) is 9.23. The second-order valence-corrected chi connectivity index (χ2v) is 7.10. The van der Waals surface area contributed by atoms with Crippen LogP contribution < -0.4 is 5.32 Å². The third-order valence-electron chi connectivity index (χ3n) is 5.56. The fourth-order valence-electron chi connectivity index (χ4n) is 3.99. The molecular formula is C17H34N2. The maximum Gasteiger partial charge on any atom is 0.0327 e. The lowest BCUT2D eigenvalue weighted by molar-refractivity contribution is 0.0937. The molecule has 2 nitrogen and oxygen atoms in total. The van der Waals surface area contributed by atoms with Crippen molar-refractivity contribution in [2.24, 2.45) is 0 Å². The summed E-state index contributed by atoms with van der Waals surface area (Å²) in [6, 6.07) is 0.791. The first-order valence-electron chi connectivity index (χ1n) is 8.64. The lowest BCUT2D eigenvalue weighted by atomic mass is 9.80. The third-order valence-corrected chi connectivity index (χ3v) is 5.56. The van der Waals surface area contributed by atoms with E-state index in [2.05, 4.69) is 24.3 Å². The minimum Gasteiger partial charge on any atom is -0.312 e. The summed E-state index contributed by atoms with van der Waals surface area (Å²) in [5.74, 6) is 0. The van der Waals surface area contributed by atoms with E-state index < -0.39 is 0 Å². The van der Waals surface area contributed by atoms with Gasteiger partial charge in [0.1, 0.15) is 0 Å². The highest BCUT2D eigenvalue weighted by Crippen LogP contribution is 2.32. The van der Waals surface area contributed by atoms with Crippen LogP contribution in [-0.4, -0.2) is 37.1 Å². The fraction of sp³-hybridized carbons (Fsp3) is 1.00. The van der Waals surface area contributed by atoms with Gasteiger partial charge in [0.15, 0.2) is 0 Å². The molecule has 2 fully saturated rings. The van der Waals surface area contributed by atoms with Gasteiger partial charge in [0.05, 0.1) is 0 Å². The van der Waals surface area contributed by atoms with E-state index in [9.17, 15) is 0 Å². The summed E-state index contributed by atoms with van der Waals surface area (Å²) < 4.78 is 0. The van der Waals surface area contributed by atoms with Crippen LogP contribution in [0, 0.1) is 0 Å². The molecule has 19 heavy (non-hydrogen) atoms. The van der Waals surface area contributed by atoms with Crippen molar-refractivity contribution in [3.8, 4) is 0 Å². The first-order valence-corrected chi connectivity index (χ1v) is 8.64. The van der Waals surface area contributed by atoms with E-state index in [0.717, 1.165) is 6.04 Å². The maximum atomic E-state index is 3.94. The van der Waals surface area contributed by atoms with Gasteiger partial charge < -0.3 is 10.2 Å². The lowest BCUT2D eigenvalue weighted by Gasteiger charge is -2.44. The van der Waals surface area contributed by atoms with Crippen molar-refractivity contribution in [1.29, 1.82) is 0 Å². The van der Waals surface area contributed by atoms with E-state index in [1.165, 1.54) is 83.6 Å². The van der Waals surface area contributed by atoms with Gasteiger partial charge in [-0.25, -0.2) is 0 Å². The number of hydrogen-bond donors (Lipinski definition) is 1. The molecule has 1 N–H and O–H groups in total. The molecule has 0 atom stereocenters. The molecule has 2 aliphatic carbocycles. The van der Waals surface area contributed by atoms with Gasteiger partial charge in [-0.05, 0) is 39.8 Å². The largest absolute Gasteiger partial charge is 0.312 e. The van der Waals surface area contributed by atoms with Crippen molar-refractivity contribution < 1.29 is 0 Å². The Balaban J connectivity index is 1.83. The van der Waals surface area contributed by atoms with Gasteiger partial charge in [-0.2, -0.15) is 0 Å². The molecule has 0 spiro atoms. The standard InChI is InChI=1S/C17H34N2/c1-19(2)17(13-9-6-10-14-17)15-18-16-11-7-4-3-5-8-12-16/h16,18H,3-15H2,1-2H3. The van der Waals surface area contributed by atoms with E-state index in [4.69, 9.17) is 0 Å². The number of likely N-dealkylation sites (N-methyl/N-ethyl adjacent to an activating group) is 1. The molecule has 2 aliphatic rings. The molecule has 0 radical (unpaired) electrons. The van der Waals surface area contributed by atoms with Gasteiger partial charge >= 0.3 is 0 Å². The average Bonchev–Trinajstić information content (AvgIpc) is 2.38. The van der Waals surface area contributed by atoms with Crippen LogP contribution in [-0.2, 0) is 0 Å². The second kappa shape index (κ2) is 7.64. The SMILES string of the molecule is CN(C)C1(CNC2CCCCCCC2)CCCCC1. The van der Waals surface area contributed by atoms with Gasteiger partial charge in [0, 0.05) is 18.1 Å². The van der Waals surface area contributed by atoms with Gasteiger partial charge in [-0.15, -0.1) is 0 Å². The van der Waals surface area contributed by atoms with Crippen LogP contribution in [0.2, 0.25) is 0 Å². The minimum atomic E-state index is 0.445.